The molecule has 11 heteroatoms. The Hall–Kier alpha value is -5.19. The van der Waals surface area contributed by atoms with Crippen molar-refractivity contribution in [1.82, 2.24) is 10.6 Å². The molecule has 3 aromatic rings. The minimum Gasteiger partial charge on any atom is -0.481 e. The molecule has 0 radical (unpaired) electrons. The Morgan fingerprint density at radius 2 is 1.30 bits per heavy atom. The van der Waals surface area contributed by atoms with E-state index in [0.29, 0.717) is 13.0 Å². The number of unbranched alkanes of at least 4 members (excludes halogenated alkanes) is 2. The highest BCUT2D eigenvalue weighted by atomic mass is 16.6. The van der Waals surface area contributed by atoms with E-state index in [0.717, 1.165) is 36.0 Å². The second-order valence-corrected chi connectivity index (χ2v) is 10.9. The summed E-state index contributed by atoms with van der Waals surface area (Å²) in [6.45, 7) is 2.43. The van der Waals surface area contributed by atoms with Crippen LogP contribution in [0.25, 0.3) is 0 Å². The van der Waals surface area contributed by atoms with Crippen LogP contribution in [0.4, 0.5) is 0 Å². The van der Waals surface area contributed by atoms with Gasteiger partial charge in [0.2, 0.25) is 11.8 Å². The summed E-state index contributed by atoms with van der Waals surface area (Å²) in [5.41, 5.74) is 2.29. The summed E-state index contributed by atoms with van der Waals surface area (Å²) in [5, 5.41) is 14.4. The highest BCUT2D eigenvalue weighted by Crippen LogP contribution is 2.18. The average molecular weight is 647 g/mol. The molecule has 3 rings (SSSR count). The third-order valence-corrected chi connectivity index (χ3v) is 7.07. The summed E-state index contributed by atoms with van der Waals surface area (Å²) < 4.78 is 16.5. The van der Waals surface area contributed by atoms with E-state index in [1.165, 1.54) is 0 Å². The van der Waals surface area contributed by atoms with Gasteiger partial charge >= 0.3 is 17.9 Å². The van der Waals surface area contributed by atoms with E-state index >= 15 is 0 Å². The molecule has 2 amide bonds. The summed E-state index contributed by atoms with van der Waals surface area (Å²) in [7, 11) is 0. The Morgan fingerprint density at radius 3 is 1.83 bits per heavy atom. The van der Waals surface area contributed by atoms with Crippen LogP contribution in [-0.2, 0) is 53.1 Å². The molecule has 0 aliphatic rings. The predicted octanol–water partition coefficient (Wildman–Crippen LogP) is 4.51. The van der Waals surface area contributed by atoms with E-state index in [1.807, 2.05) is 36.4 Å². The lowest BCUT2D eigenvalue weighted by atomic mass is 10.0. The van der Waals surface area contributed by atoms with Crippen molar-refractivity contribution >= 4 is 29.7 Å². The quantitative estimate of drug-likeness (QED) is 0.0913. The third-order valence-electron chi connectivity index (χ3n) is 7.07. The van der Waals surface area contributed by atoms with Crippen LogP contribution in [0.2, 0.25) is 0 Å². The third kappa shape index (κ3) is 13.8. The van der Waals surface area contributed by atoms with Gasteiger partial charge in [0.15, 0.2) is 0 Å². The molecule has 0 bridgehead atoms. The van der Waals surface area contributed by atoms with Gasteiger partial charge in [-0.3, -0.25) is 14.4 Å². The number of aryl methyl sites for hydroxylation is 1. The maximum absolute atomic E-state index is 13.0. The molecule has 0 saturated heterocycles. The zero-order valence-electron chi connectivity index (χ0n) is 26.5. The number of hydrogen-bond acceptors (Lipinski definition) is 8. The van der Waals surface area contributed by atoms with E-state index in [2.05, 4.69) is 17.6 Å². The number of esters is 2. The number of ether oxygens (including phenoxy) is 3. The number of aliphatic carboxylic acids is 1. The zero-order chi connectivity index (χ0) is 33.9. The van der Waals surface area contributed by atoms with Crippen LogP contribution in [0.5, 0.6) is 5.75 Å². The lowest BCUT2D eigenvalue weighted by molar-refractivity contribution is -0.168. The van der Waals surface area contributed by atoms with Crippen molar-refractivity contribution < 1.29 is 43.3 Å². The first-order valence-electron chi connectivity index (χ1n) is 15.7. The van der Waals surface area contributed by atoms with Crippen LogP contribution in [0, 0.1) is 0 Å². The minimum atomic E-state index is -1.67. The topological polar surface area (TPSA) is 157 Å². The van der Waals surface area contributed by atoms with Gasteiger partial charge in [-0.1, -0.05) is 92.6 Å². The van der Waals surface area contributed by atoms with Gasteiger partial charge in [-0.15, -0.1) is 0 Å². The van der Waals surface area contributed by atoms with Gasteiger partial charge in [-0.25, -0.2) is 9.59 Å². The molecule has 0 spiro atoms. The molecular formula is C36H42N2O9. The summed E-state index contributed by atoms with van der Waals surface area (Å²) in [4.78, 5) is 62.1. The highest BCUT2D eigenvalue weighted by molar-refractivity contribution is 5.98. The Kier molecular flexibility index (Phi) is 15.5. The van der Waals surface area contributed by atoms with Crippen LogP contribution in [0.3, 0.4) is 0 Å². The van der Waals surface area contributed by atoms with Gasteiger partial charge in [-0.05, 0) is 48.1 Å². The molecule has 0 aromatic heterocycles. The largest absolute Gasteiger partial charge is 0.481 e. The van der Waals surface area contributed by atoms with Gasteiger partial charge in [0.1, 0.15) is 25.0 Å². The van der Waals surface area contributed by atoms with Crippen molar-refractivity contribution in [3.05, 3.63) is 102 Å². The monoisotopic (exact) mass is 646 g/mol. The van der Waals surface area contributed by atoms with Crippen LogP contribution < -0.4 is 15.4 Å². The van der Waals surface area contributed by atoms with Crippen molar-refractivity contribution in [2.75, 3.05) is 6.54 Å². The Bertz CT molecular complexity index is 1370. The molecule has 11 nitrogen and oxygen atoms in total. The summed E-state index contributed by atoms with van der Waals surface area (Å²) in [6, 6.07) is 23.8. The SMILES string of the molecule is CCCCCNC(=O)C(CCc1ccc(OC(C(=O)OCc2ccccc2)C(=O)OCc2ccccc2)cc1)NC(=O)CCC(=O)O. The smallest absolute Gasteiger partial charge is 0.359 e. The maximum Gasteiger partial charge on any atom is 0.359 e. The predicted molar refractivity (Wildman–Crippen MR) is 173 cm³/mol. The molecule has 0 heterocycles. The van der Waals surface area contributed by atoms with E-state index < -0.39 is 36.0 Å². The average Bonchev–Trinajstić information content (AvgIpc) is 3.09. The molecule has 3 N–H and O–H groups in total. The summed E-state index contributed by atoms with van der Waals surface area (Å²) in [5.74, 6) is -3.53. The molecule has 47 heavy (non-hydrogen) atoms. The fourth-order valence-corrected chi connectivity index (χ4v) is 4.45. The lowest BCUT2D eigenvalue weighted by Crippen LogP contribution is -2.47. The van der Waals surface area contributed by atoms with Gasteiger partial charge in [0, 0.05) is 13.0 Å². The molecule has 0 saturated carbocycles. The Balaban J connectivity index is 1.64. The van der Waals surface area contributed by atoms with E-state index in [1.54, 1.807) is 48.5 Å². The summed E-state index contributed by atoms with van der Waals surface area (Å²) in [6.07, 6.45) is 1.19. The van der Waals surface area contributed by atoms with Gasteiger partial charge in [0.25, 0.3) is 6.10 Å². The Labute approximate surface area is 274 Å². The van der Waals surface area contributed by atoms with Crippen molar-refractivity contribution in [3.63, 3.8) is 0 Å². The highest BCUT2D eigenvalue weighted by Gasteiger charge is 2.32. The maximum atomic E-state index is 13.0. The van der Waals surface area contributed by atoms with Crippen molar-refractivity contribution in [2.45, 2.75) is 77.2 Å². The number of hydrogen-bond donors (Lipinski definition) is 3. The minimum absolute atomic E-state index is 0.0510. The fourth-order valence-electron chi connectivity index (χ4n) is 4.45. The van der Waals surface area contributed by atoms with E-state index in [-0.39, 0.29) is 44.1 Å². The van der Waals surface area contributed by atoms with Gasteiger partial charge in [0.05, 0.1) is 6.42 Å². The number of amides is 2. The fraction of sp³-hybridized carbons (Fsp3) is 0.361. The van der Waals surface area contributed by atoms with Crippen molar-refractivity contribution in [1.29, 1.82) is 0 Å². The molecule has 250 valence electrons. The van der Waals surface area contributed by atoms with E-state index in [4.69, 9.17) is 19.3 Å². The zero-order valence-corrected chi connectivity index (χ0v) is 26.5. The number of carboxylic acid groups (broad SMARTS) is 1. The number of nitrogens with one attached hydrogen (secondary N) is 2. The molecule has 1 unspecified atom stereocenters. The van der Waals surface area contributed by atoms with Crippen LogP contribution in [0.15, 0.2) is 84.9 Å². The standard InChI is InChI=1S/C36H42N2O9/c1-2-3-10-23-37-34(42)30(38-31(39)21-22-32(40)41)20-17-26-15-18-29(19-16-26)47-33(35(43)45-24-27-11-6-4-7-12-27)36(44)46-25-28-13-8-5-9-14-28/h4-9,11-16,18-19,30,33H,2-3,10,17,20-25H2,1H3,(H,37,42)(H,38,39)(H,40,41). The molecule has 0 aliphatic carbocycles. The Morgan fingerprint density at radius 1 is 0.723 bits per heavy atom. The first-order valence-corrected chi connectivity index (χ1v) is 15.7. The number of rotatable bonds is 20. The first-order chi connectivity index (χ1) is 22.7. The normalized spacial score (nSPS) is 11.3. The number of benzene rings is 3. The second-order valence-electron chi connectivity index (χ2n) is 10.9. The van der Waals surface area contributed by atoms with Crippen molar-refractivity contribution in [2.24, 2.45) is 0 Å². The van der Waals surface area contributed by atoms with Gasteiger partial charge in [-0.2, -0.15) is 0 Å². The van der Waals surface area contributed by atoms with Crippen LogP contribution >= 0.6 is 0 Å². The second kappa shape index (κ2) is 20.0. The van der Waals surface area contributed by atoms with Crippen LogP contribution in [0.1, 0.15) is 62.1 Å². The summed E-state index contributed by atoms with van der Waals surface area (Å²) >= 11 is 0. The molecule has 3 aromatic carbocycles. The lowest BCUT2D eigenvalue weighted by Gasteiger charge is -2.19. The molecule has 1 atom stereocenters. The van der Waals surface area contributed by atoms with E-state index in [9.17, 15) is 24.0 Å². The number of carbonyl (C=O) groups is 5. The van der Waals surface area contributed by atoms with Crippen molar-refractivity contribution in [3.8, 4) is 5.75 Å². The molecule has 0 aliphatic heterocycles. The first kappa shape index (κ1) is 36.3. The van der Waals surface area contributed by atoms with Crippen LogP contribution in [-0.4, -0.2) is 53.5 Å². The number of carboxylic acids is 1. The molecular weight excluding hydrogens is 604 g/mol. The number of carbonyl (C=O) groups excluding carboxylic acids is 4. The van der Waals surface area contributed by atoms with Gasteiger partial charge < -0.3 is 30.0 Å². The molecule has 0 fully saturated rings.